The van der Waals surface area contributed by atoms with Crippen LogP contribution in [0.25, 0.3) is 0 Å². The molecule has 2 aromatic rings. The third-order valence-corrected chi connectivity index (χ3v) is 3.22. The highest BCUT2D eigenvalue weighted by Gasteiger charge is 2.02. The van der Waals surface area contributed by atoms with Crippen molar-refractivity contribution in [3.63, 3.8) is 0 Å². The van der Waals surface area contributed by atoms with Crippen molar-refractivity contribution in [1.82, 2.24) is 0 Å². The van der Waals surface area contributed by atoms with Crippen molar-refractivity contribution in [3.8, 4) is 17.2 Å². The number of anilines is 1. The molecule has 0 aliphatic rings. The van der Waals surface area contributed by atoms with Crippen LogP contribution in [0.2, 0.25) is 0 Å². The number of hydrogen-bond acceptors (Lipinski definition) is 4. The van der Waals surface area contributed by atoms with Gasteiger partial charge in [0.05, 0.1) is 20.8 Å². The van der Waals surface area contributed by atoms with Gasteiger partial charge in [-0.1, -0.05) is 18.2 Å². The topological polar surface area (TPSA) is 78.1 Å². The Morgan fingerprint density at radius 1 is 1.00 bits per heavy atom. The number of nitrogens with zero attached hydrogens (tertiary/aromatic N) is 1. The molecule has 136 valence electrons. The number of para-hydroxylation sites is 1. The quantitative estimate of drug-likeness (QED) is 0.275. The molecule has 0 atom stereocenters. The van der Waals surface area contributed by atoms with Gasteiger partial charge in [-0.3, -0.25) is 4.99 Å². The van der Waals surface area contributed by atoms with Crippen LogP contribution in [0.5, 0.6) is 17.2 Å². The van der Waals surface area contributed by atoms with Crippen LogP contribution < -0.4 is 25.3 Å². The van der Waals surface area contributed by atoms with Crippen molar-refractivity contribution < 1.29 is 14.2 Å². The fourth-order valence-corrected chi connectivity index (χ4v) is 2.03. The minimum Gasteiger partial charge on any atom is -0.496 e. The average molecular weight is 457 g/mol. The number of nitrogens with one attached hydrogen (secondary N) is 1. The molecule has 6 nitrogen and oxygen atoms in total. The van der Waals surface area contributed by atoms with Gasteiger partial charge in [0.2, 0.25) is 0 Å². The average Bonchev–Trinajstić information content (AvgIpc) is 2.62. The lowest BCUT2D eigenvalue weighted by Crippen LogP contribution is -2.23. The molecule has 2 aromatic carbocycles. The molecular formula is C18H24IN3O3. The van der Waals surface area contributed by atoms with E-state index in [2.05, 4.69) is 10.3 Å². The van der Waals surface area contributed by atoms with Gasteiger partial charge in [-0.05, 0) is 12.1 Å². The number of aliphatic imine (C=N–C) groups is 1. The molecule has 0 aliphatic heterocycles. The van der Waals surface area contributed by atoms with Crippen LogP contribution in [0.1, 0.15) is 6.42 Å². The van der Waals surface area contributed by atoms with Crippen molar-refractivity contribution in [2.45, 2.75) is 6.42 Å². The lowest BCUT2D eigenvalue weighted by molar-refractivity contribution is 0.307. The van der Waals surface area contributed by atoms with Gasteiger partial charge in [-0.2, -0.15) is 0 Å². The number of halogens is 1. The lowest BCUT2D eigenvalue weighted by atomic mass is 10.3. The summed E-state index contributed by atoms with van der Waals surface area (Å²) < 4.78 is 16.1. The highest BCUT2D eigenvalue weighted by Crippen LogP contribution is 2.27. The van der Waals surface area contributed by atoms with Gasteiger partial charge in [-0.15, -0.1) is 24.0 Å². The SMILES string of the molecule is COc1cc(OC)cc(OCCCN=C(N)Nc2ccccc2)c1.I. The molecule has 7 heteroatoms. The maximum Gasteiger partial charge on any atom is 0.193 e. The van der Waals surface area contributed by atoms with Crippen molar-refractivity contribution in [1.29, 1.82) is 0 Å². The Labute approximate surface area is 165 Å². The number of rotatable bonds is 8. The normalized spacial score (nSPS) is 10.6. The van der Waals surface area contributed by atoms with Gasteiger partial charge < -0.3 is 25.3 Å². The summed E-state index contributed by atoms with van der Waals surface area (Å²) in [4.78, 5) is 4.27. The number of benzene rings is 2. The smallest absolute Gasteiger partial charge is 0.193 e. The van der Waals surface area contributed by atoms with Crippen LogP contribution in [-0.4, -0.2) is 33.3 Å². The zero-order chi connectivity index (χ0) is 17.2. The number of hydrogen-bond donors (Lipinski definition) is 2. The number of guanidine groups is 1. The van der Waals surface area contributed by atoms with Gasteiger partial charge in [0.1, 0.15) is 17.2 Å². The maximum absolute atomic E-state index is 5.84. The fraction of sp³-hybridized carbons (Fsp3) is 0.278. The number of ether oxygens (including phenoxy) is 3. The van der Waals surface area contributed by atoms with Crippen LogP contribution in [0.4, 0.5) is 5.69 Å². The Morgan fingerprint density at radius 2 is 1.60 bits per heavy atom. The van der Waals surface area contributed by atoms with Crippen molar-refractivity contribution in [3.05, 3.63) is 48.5 Å². The molecule has 0 fully saturated rings. The molecule has 0 radical (unpaired) electrons. The zero-order valence-electron chi connectivity index (χ0n) is 14.4. The second-order valence-corrected chi connectivity index (χ2v) is 5.01. The van der Waals surface area contributed by atoms with E-state index in [-0.39, 0.29) is 24.0 Å². The highest BCUT2D eigenvalue weighted by molar-refractivity contribution is 14.0. The molecule has 0 saturated heterocycles. The summed E-state index contributed by atoms with van der Waals surface area (Å²) in [7, 11) is 3.21. The van der Waals surface area contributed by atoms with E-state index in [1.54, 1.807) is 20.3 Å². The summed E-state index contributed by atoms with van der Waals surface area (Å²) in [5, 5.41) is 3.03. The standard InChI is InChI=1S/C18H23N3O3.HI/c1-22-15-11-16(23-2)13-17(12-15)24-10-6-9-20-18(19)21-14-7-4-3-5-8-14;/h3-5,7-8,11-13H,6,9-10H2,1-2H3,(H3,19,20,21);1H. The summed E-state index contributed by atoms with van der Waals surface area (Å²) >= 11 is 0. The first kappa shape index (κ1) is 20.9. The molecule has 0 spiro atoms. The largest absolute Gasteiger partial charge is 0.496 e. The summed E-state index contributed by atoms with van der Waals surface area (Å²) in [5.41, 5.74) is 6.76. The monoisotopic (exact) mass is 457 g/mol. The Balaban J connectivity index is 0.00000312. The van der Waals surface area contributed by atoms with Gasteiger partial charge in [0, 0.05) is 36.9 Å². The lowest BCUT2D eigenvalue weighted by Gasteiger charge is -2.10. The van der Waals surface area contributed by atoms with E-state index in [0.717, 1.165) is 12.1 Å². The summed E-state index contributed by atoms with van der Waals surface area (Å²) in [6.07, 6.45) is 0.747. The van der Waals surface area contributed by atoms with E-state index in [4.69, 9.17) is 19.9 Å². The van der Waals surface area contributed by atoms with Crippen LogP contribution in [0.15, 0.2) is 53.5 Å². The predicted molar refractivity (Wildman–Crippen MR) is 112 cm³/mol. The molecule has 3 N–H and O–H groups in total. The van der Waals surface area contributed by atoms with Crippen molar-refractivity contribution in [2.75, 3.05) is 32.7 Å². The molecule has 25 heavy (non-hydrogen) atoms. The van der Waals surface area contributed by atoms with E-state index in [9.17, 15) is 0 Å². The van der Waals surface area contributed by atoms with Gasteiger partial charge in [0.25, 0.3) is 0 Å². The third-order valence-electron chi connectivity index (χ3n) is 3.22. The van der Waals surface area contributed by atoms with Crippen LogP contribution in [0.3, 0.4) is 0 Å². The Kier molecular flexibility index (Phi) is 9.53. The van der Waals surface area contributed by atoms with E-state index >= 15 is 0 Å². The first-order valence-corrected chi connectivity index (χ1v) is 7.69. The van der Waals surface area contributed by atoms with Crippen molar-refractivity contribution in [2.24, 2.45) is 10.7 Å². The van der Waals surface area contributed by atoms with Gasteiger partial charge in [-0.25, -0.2) is 0 Å². The van der Waals surface area contributed by atoms with E-state index in [0.29, 0.717) is 36.4 Å². The molecule has 2 rings (SSSR count). The fourth-order valence-electron chi connectivity index (χ4n) is 2.03. The molecule has 0 aliphatic carbocycles. The maximum atomic E-state index is 5.84. The first-order chi connectivity index (χ1) is 11.7. The molecule has 0 saturated carbocycles. The van der Waals surface area contributed by atoms with Crippen LogP contribution in [-0.2, 0) is 0 Å². The van der Waals surface area contributed by atoms with Crippen LogP contribution >= 0.6 is 24.0 Å². The molecule has 0 unspecified atom stereocenters. The summed E-state index contributed by atoms with van der Waals surface area (Å²) in [6.45, 7) is 1.10. The second-order valence-electron chi connectivity index (χ2n) is 5.01. The zero-order valence-corrected chi connectivity index (χ0v) is 16.7. The van der Waals surface area contributed by atoms with Crippen molar-refractivity contribution >= 4 is 35.6 Å². The predicted octanol–water partition coefficient (Wildman–Crippen LogP) is 3.52. The van der Waals surface area contributed by atoms with E-state index in [1.165, 1.54) is 0 Å². The summed E-state index contributed by atoms with van der Waals surface area (Å²) in [6, 6.07) is 15.1. The molecule has 0 heterocycles. The van der Waals surface area contributed by atoms with Gasteiger partial charge in [0.15, 0.2) is 5.96 Å². The van der Waals surface area contributed by atoms with E-state index < -0.39 is 0 Å². The first-order valence-electron chi connectivity index (χ1n) is 7.69. The minimum absolute atomic E-state index is 0. The number of methoxy groups -OCH3 is 2. The Hall–Kier alpha value is -2.16. The highest BCUT2D eigenvalue weighted by atomic mass is 127. The summed E-state index contributed by atoms with van der Waals surface area (Å²) in [5.74, 6) is 2.48. The number of nitrogens with two attached hydrogens (primary N) is 1. The van der Waals surface area contributed by atoms with Crippen LogP contribution in [0, 0.1) is 0 Å². The Morgan fingerprint density at radius 3 is 2.20 bits per heavy atom. The molecule has 0 aromatic heterocycles. The Bertz CT molecular complexity index is 644. The van der Waals surface area contributed by atoms with E-state index in [1.807, 2.05) is 42.5 Å². The van der Waals surface area contributed by atoms with Gasteiger partial charge >= 0.3 is 0 Å². The minimum atomic E-state index is 0. The molecule has 0 bridgehead atoms. The molecule has 0 amide bonds. The molecular weight excluding hydrogens is 433 g/mol. The third kappa shape index (κ3) is 7.51. The second kappa shape index (κ2) is 11.4.